The Morgan fingerprint density at radius 3 is 2.00 bits per heavy atom. The third kappa shape index (κ3) is 5.45. The van der Waals surface area contributed by atoms with Crippen LogP contribution in [0.5, 0.6) is 0 Å². The van der Waals surface area contributed by atoms with E-state index >= 15 is 0 Å². The number of nitriles is 1. The van der Waals surface area contributed by atoms with E-state index in [0.29, 0.717) is 5.92 Å². The molecule has 0 aliphatic rings. The Labute approximate surface area is 99.6 Å². The van der Waals surface area contributed by atoms with Crippen LogP contribution < -0.4 is 0 Å². The number of hydrogen-bond donors (Lipinski definition) is 0. The molecule has 0 aliphatic heterocycles. The van der Waals surface area contributed by atoms with Gasteiger partial charge in [0.1, 0.15) is 6.07 Å². The van der Waals surface area contributed by atoms with Crippen molar-refractivity contribution in [2.45, 2.75) is 54.4 Å². The van der Waals surface area contributed by atoms with E-state index in [0.717, 1.165) is 11.3 Å². The molecule has 0 fully saturated rings. The molecule has 1 rings (SSSR count). The van der Waals surface area contributed by atoms with Gasteiger partial charge in [0.15, 0.2) is 0 Å². The van der Waals surface area contributed by atoms with E-state index in [1.54, 1.807) is 6.20 Å². The Morgan fingerprint density at radius 2 is 1.69 bits per heavy atom. The van der Waals surface area contributed by atoms with E-state index < -0.39 is 0 Å². The van der Waals surface area contributed by atoms with Crippen molar-refractivity contribution in [3.05, 3.63) is 23.3 Å². The third-order valence-electron chi connectivity index (χ3n) is 1.74. The summed E-state index contributed by atoms with van der Waals surface area (Å²) in [5.41, 5.74) is 2.01. The molecular weight excluding hydrogens is 198 g/mol. The molecule has 1 heterocycles. The zero-order valence-corrected chi connectivity index (χ0v) is 11.5. The summed E-state index contributed by atoms with van der Waals surface area (Å²) in [6.45, 7) is 14.1. The summed E-state index contributed by atoms with van der Waals surface area (Å²) in [7, 11) is 0. The van der Waals surface area contributed by atoms with Crippen molar-refractivity contribution in [2.75, 3.05) is 0 Å². The first-order valence-corrected chi connectivity index (χ1v) is 5.88. The van der Waals surface area contributed by atoms with Crippen LogP contribution in [-0.2, 0) is 0 Å². The predicted molar refractivity (Wildman–Crippen MR) is 68.3 cm³/mol. The fourth-order valence-electron chi connectivity index (χ4n) is 1.10. The highest BCUT2D eigenvalue weighted by atomic mass is 14.9. The Hall–Kier alpha value is -1.43. The first kappa shape index (κ1) is 17.0. The molecule has 0 unspecified atom stereocenters. The number of hydrogen-bond acceptors (Lipinski definition) is 3. The lowest BCUT2D eigenvalue weighted by atomic mass is 10.0. The van der Waals surface area contributed by atoms with Crippen LogP contribution in [0.25, 0.3) is 0 Å². The Bertz CT molecular complexity index is 324. The van der Waals surface area contributed by atoms with E-state index in [9.17, 15) is 0 Å². The number of nitrogens with zero attached hydrogens (tertiary/aromatic N) is 3. The van der Waals surface area contributed by atoms with Gasteiger partial charge in [-0.2, -0.15) is 5.26 Å². The second-order valence-corrected chi connectivity index (χ2v) is 3.00. The maximum absolute atomic E-state index is 8.52. The van der Waals surface area contributed by atoms with Gasteiger partial charge in [-0.3, -0.25) is 0 Å². The molecule has 90 valence electrons. The highest BCUT2D eigenvalue weighted by Crippen LogP contribution is 2.15. The van der Waals surface area contributed by atoms with Crippen molar-refractivity contribution in [3.63, 3.8) is 0 Å². The van der Waals surface area contributed by atoms with Gasteiger partial charge in [-0.25, -0.2) is 9.97 Å². The van der Waals surface area contributed by atoms with Crippen LogP contribution in [0.15, 0.2) is 6.20 Å². The summed E-state index contributed by atoms with van der Waals surface area (Å²) in [5, 5.41) is 8.52. The Kier molecular flexibility index (Phi) is 10.7. The highest BCUT2D eigenvalue weighted by Gasteiger charge is 2.05. The van der Waals surface area contributed by atoms with Gasteiger partial charge in [0.25, 0.3) is 0 Å². The lowest BCUT2D eigenvalue weighted by Crippen LogP contribution is -1.99. The van der Waals surface area contributed by atoms with E-state index in [1.165, 1.54) is 0 Å². The van der Waals surface area contributed by atoms with E-state index in [2.05, 4.69) is 23.8 Å². The molecule has 0 N–H and O–H groups in total. The molecule has 0 aliphatic carbocycles. The maximum Gasteiger partial charge on any atom is 0.232 e. The third-order valence-corrected chi connectivity index (χ3v) is 1.74. The van der Waals surface area contributed by atoms with Crippen LogP contribution in [0.3, 0.4) is 0 Å². The van der Waals surface area contributed by atoms with Crippen LogP contribution in [0.2, 0.25) is 0 Å². The molecule has 0 bridgehead atoms. The topological polar surface area (TPSA) is 49.6 Å². The second-order valence-electron chi connectivity index (χ2n) is 3.00. The average Bonchev–Trinajstić information content (AvgIpc) is 2.33. The van der Waals surface area contributed by atoms with Gasteiger partial charge in [0.2, 0.25) is 5.82 Å². The fraction of sp³-hybridized carbons (Fsp3) is 0.615. The van der Waals surface area contributed by atoms with Crippen molar-refractivity contribution in [2.24, 2.45) is 0 Å². The Morgan fingerprint density at radius 1 is 1.19 bits per heavy atom. The maximum atomic E-state index is 8.52. The molecule has 1 aromatic heterocycles. The van der Waals surface area contributed by atoms with Crippen LogP contribution in [0, 0.1) is 18.3 Å². The molecule has 0 spiro atoms. The summed E-state index contributed by atoms with van der Waals surface area (Å²) in [5.74, 6) is 0.662. The summed E-state index contributed by atoms with van der Waals surface area (Å²) < 4.78 is 0. The molecule has 0 amide bonds. The van der Waals surface area contributed by atoms with Crippen LogP contribution in [-0.4, -0.2) is 9.97 Å². The standard InChI is InChI=1S/C9H11N3.2C2H6/c1-6(2)8-5-11-9(4-10)12-7(8)3;2*1-2/h5-6H,1-3H3;2*1-2H3. The highest BCUT2D eigenvalue weighted by molar-refractivity contribution is 5.23. The fourth-order valence-corrected chi connectivity index (χ4v) is 1.10. The zero-order valence-electron chi connectivity index (χ0n) is 11.5. The first-order valence-electron chi connectivity index (χ1n) is 5.88. The van der Waals surface area contributed by atoms with E-state index in [1.807, 2.05) is 40.7 Å². The van der Waals surface area contributed by atoms with Gasteiger partial charge < -0.3 is 0 Å². The minimum atomic E-state index is 0.247. The van der Waals surface area contributed by atoms with Crippen LogP contribution in [0.1, 0.15) is 64.5 Å². The van der Waals surface area contributed by atoms with Gasteiger partial charge in [0, 0.05) is 11.9 Å². The molecule has 0 radical (unpaired) electrons. The summed E-state index contributed by atoms with van der Waals surface area (Å²) >= 11 is 0. The van der Waals surface area contributed by atoms with Crippen LogP contribution >= 0.6 is 0 Å². The van der Waals surface area contributed by atoms with Crippen LogP contribution in [0.4, 0.5) is 0 Å². The average molecular weight is 221 g/mol. The van der Waals surface area contributed by atoms with Crippen molar-refractivity contribution in [1.82, 2.24) is 9.97 Å². The Balaban J connectivity index is 0. The molecule has 0 atom stereocenters. The SMILES string of the molecule is CC.CC.Cc1nc(C#N)ncc1C(C)C. The minimum absolute atomic E-state index is 0.247. The van der Waals surface area contributed by atoms with Crippen molar-refractivity contribution >= 4 is 0 Å². The number of rotatable bonds is 1. The predicted octanol–water partition coefficient (Wildman–Crippen LogP) is 3.83. The molecule has 3 heteroatoms. The van der Waals surface area contributed by atoms with Crippen molar-refractivity contribution < 1.29 is 0 Å². The van der Waals surface area contributed by atoms with Gasteiger partial charge in [-0.1, -0.05) is 41.5 Å². The van der Waals surface area contributed by atoms with E-state index in [4.69, 9.17) is 5.26 Å². The summed E-state index contributed by atoms with van der Waals surface area (Å²) in [4.78, 5) is 7.95. The summed E-state index contributed by atoms with van der Waals surface area (Å²) in [6.07, 6.45) is 1.73. The van der Waals surface area contributed by atoms with E-state index in [-0.39, 0.29) is 5.82 Å². The molecule has 0 saturated carbocycles. The molecule has 0 aromatic carbocycles. The minimum Gasteiger partial charge on any atom is -0.227 e. The first-order chi connectivity index (χ1) is 7.65. The summed E-state index contributed by atoms with van der Waals surface area (Å²) in [6, 6.07) is 1.91. The molecule has 0 saturated heterocycles. The van der Waals surface area contributed by atoms with Gasteiger partial charge in [-0.15, -0.1) is 0 Å². The molecule has 16 heavy (non-hydrogen) atoms. The smallest absolute Gasteiger partial charge is 0.227 e. The quantitative estimate of drug-likeness (QED) is 0.724. The molecule has 3 nitrogen and oxygen atoms in total. The van der Waals surface area contributed by atoms with Gasteiger partial charge in [-0.05, 0) is 18.4 Å². The van der Waals surface area contributed by atoms with Gasteiger partial charge >= 0.3 is 0 Å². The largest absolute Gasteiger partial charge is 0.232 e. The number of aryl methyl sites for hydroxylation is 1. The lowest BCUT2D eigenvalue weighted by Gasteiger charge is -2.06. The molecular formula is C13H23N3. The monoisotopic (exact) mass is 221 g/mol. The van der Waals surface area contributed by atoms with Crippen molar-refractivity contribution in [3.8, 4) is 6.07 Å². The normalized spacial score (nSPS) is 8.19. The lowest BCUT2D eigenvalue weighted by molar-refractivity contribution is 0.825. The number of aromatic nitrogens is 2. The van der Waals surface area contributed by atoms with Crippen molar-refractivity contribution in [1.29, 1.82) is 5.26 Å². The second kappa shape index (κ2) is 10.1. The van der Waals surface area contributed by atoms with Gasteiger partial charge in [0.05, 0.1) is 0 Å². The zero-order chi connectivity index (χ0) is 13.1. The molecule has 1 aromatic rings.